The standard InChI is InChI=1S/C8H8N/c1-3-8-4-7(2)5-9-6-8/h3-6H,1-2H2. The quantitative estimate of drug-likeness (QED) is 0.549. The van der Waals surface area contributed by atoms with Gasteiger partial charge in [0.05, 0.1) is 0 Å². The van der Waals surface area contributed by atoms with Gasteiger partial charge in [-0.3, -0.25) is 4.98 Å². The maximum Gasteiger partial charge on any atom is 0.0340 e. The van der Waals surface area contributed by atoms with E-state index >= 15 is 0 Å². The van der Waals surface area contributed by atoms with Gasteiger partial charge >= 0.3 is 0 Å². The second-order valence-electron chi connectivity index (χ2n) is 1.83. The van der Waals surface area contributed by atoms with Crippen molar-refractivity contribution >= 4 is 6.08 Å². The van der Waals surface area contributed by atoms with Crippen molar-refractivity contribution in [3.63, 3.8) is 0 Å². The highest BCUT2D eigenvalue weighted by molar-refractivity contribution is 5.46. The van der Waals surface area contributed by atoms with Gasteiger partial charge in [-0.05, 0) is 24.1 Å². The Morgan fingerprint density at radius 2 is 2.22 bits per heavy atom. The molecular weight excluding hydrogens is 110 g/mol. The first-order valence-electron chi connectivity index (χ1n) is 2.72. The summed E-state index contributed by atoms with van der Waals surface area (Å²) in [4.78, 5) is 3.92. The number of nitrogens with zero attached hydrogens (tertiary/aromatic N) is 1. The van der Waals surface area contributed by atoms with E-state index in [2.05, 4.69) is 18.5 Å². The van der Waals surface area contributed by atoms with Crippen LogP contribution in [0.1, 0.15) is 11.1 Å². The van der Waals surface area contributed by atoms with Crippen molar-refractivity contribution in [1.29, 1.82) is 0 Å². The Balaban J connectivity index is 3.07. The van der Waals surface area contributed by atoms with Crippen LogP contribution in [0, 0.1) is 6.92 Å². The normalized spacial score (nSPS) is 9.00. The number of rotatable bonds is 1. The first-order chi connectivity index (χ1) is 4.33. The van der Waals surface area contributed by atoms with Crippen LogP contribution >= 0.6 is 0 Å². The van der Waals surface area contributed by atoms with Gasteiger partial charge in [0.15, 0.2) is 0 Å². The molecule has 1 aromatic heterocycles. The second kappa shape index (κ2) is 2.44. The van der Waals surface area contributed by atoms with Crippen LogP contribution in [-0.4, -0.2) is 4.98 Å². The molecule has 9 heavy (non-hydrogen) atoms. The maximum atomic E-state index is 3.92. The zero-order chi connectivity index (χ0) is 6.69. The summed E-state index contributed by atoms with van der Waals surface area (Å²) >= 11 is 0. The Labute approximate surface area is 55.1 Å². The van der Waals surface area contributed by atoms with Gasteiger partial charge in [-0.25, -0.2) is 0 Å². The van der Waals surface area contributed by atoms with E-state index in [4.69, 9.17) is 0 Å². The molecule has 0 saturated carbocycles. The zero-order valence-electron chi connectivity index (χ0n) is 5.17. The van der Waals surface area contributed by atoms with E-state index in [9.17, 15) is 0 Å². The molecule has 1 radical (unpaired) electrons. The van der Waals surface area contributed by atoms with E-state index in [1.54, 1.807) is 18.5 Å². The molecule has 0 aliphatic rings. The highest BCUT2D eigenvalue weighted by atomic mass is 14.6. The average molecular weight is 118 g/mol. The third-order valence-electron chi connectivity index (χ3n) is 1.05. The zero-order valence-corrected chi connectivity index (χ0v) is 5.17. The monoisotopic (exact) mass is 118 g/mol. The Bertz CT molecular complexity index is 216. The van der Waals surface area contributed by atoms with Gasteiger partial charge in [-0.15, -0.1) is 0 Å². The number of pyridine rings is 1. The van der Waals surface area contributed by atoms with Gasteiger partial charge in [0.2, 0.25) is 0 Å². The van der Waals surface area contributed by atoms with Crippen molar-refractivity contribution < 1.29 is 0 Å². The van der Waals surface area contributed by atoms with Crippen LogP contribution in [0.2, 0.25) is 0 Å². The van der Waals surface area contributed by atoms with E-state index in [-0.39, 0.29) is 0 Å². The molecule has 0 unspecified atom stereocenters. The van der Waals surface area contributed by atoms with Crippen LogP contribution in [0.4, 0.5) is 0 Å². The third kappa shape index (κ3) is 1.39. The predicted octanol–water partition coefficient (Wildman–Crippen LogP) is 1.91. The lowest BCUT2D eigenvalue weighted by molar-refractivity contribution is 1.29. The van der Waals surface area contributed by atoms with E-state index in [0.29, 0.717) is 0 Å². The molecule has 1 rings (SSSR count). The lowest BCUT2D eigenvalue weighted by Gasteiger charge is -1.91. The van der Waals surface area contributed by atoms with Crippen molar-refractivity contribution in [3.8, 4) is 0 Å². The third-order valence-corrected chi connectivity index (χ3v) is 1.05. The van der Waals surface area contributed by atoms with Crippen molar-refractivity contribution in [3.05, 3.63) is 43.1 Å². The molecule has 0 amide bonds. The molecule has 0 fully saturated rings. The van der Waals surface area contributed by atoms with Crippen LogP contribution in [0.3, 0.4) is 0 Å². The summed E-state index contributed by atoms with van der Waals surface area (Å²) in [6, 6.07) is 1.93. The lowest BCUT2D eigenvalue weighted by Crippen LogP contribution is -1.77. The molecule has 0 atom stereocenters. The first kappa shape index (κ1) is 6.02. The minimum atomic E-state index is 0.924. The first-order valence-corrected chi connectivity index (χ1v) is 2.72. The Kier molecular flexibility index (Phi) is 1.63. The molecule has 45 valence electrons. The highest BCUT2D eigenvalue weighted by Crippen LogP contribution is 2.00. The molecule has 1 heterocycles. The molecule has 0 aliphatic heterocycles. The van der Waals surface area contributed by atoms with Crippen molar-refractivity contribution in [2.75, 3.05) is 0 Å². The van der Waals surface area contributed by atoms with Gasteiger partial charge in [-0.1, -0.05) is 12.7 Å². The van der Waals surface area contributed by atoms with E-state index in [0.717, 1.165) is 11.1 Å². The number of hydrogen-bond acceptors (Lipinski definition) is 1. The molecule has 1 nitrogen and oxygen atoms in total. The van der Waals surface area contributed by atoms with Crippen molar-refractivity contribution in [2.24, 2.45) is 0 Å². The number of hydrogen-bond donors (Lipinski definition) is 0. The summed E-state index contributed by atoms with van der Waals surface area (Å²) in [6.07, 6.45) is 5.22. The topological polar surface area (TPSA) is 12.9 Å². The fraction of sp³-hybridized carbons (Fsp3) is 0. The van der Waals surface area contributed by atoms with Crippen LogP contribution in [0.25, 0.3) is 6.08 Å². The van der Waals surface area contributed by atoms with Crippen LogP contribution in [-0.2, 0) is 0 Å². The van der Waals surface area contributed by atoms with Gasteiger partial charge < -0.3 is 0 Å². The summed E-state index contributed by atoms with van der Waals surface area (Å²) in [7, 11) is 0. The molecule has 0 bridgehead atoms. The molecular formula is C8H8N. The molecule has 0 aliphatic carbocycles. The van der Waals surface area contributed by atoms with Crippen LogP contribution in [0.15, 0.2) is 25.0 Å². The average Bonchev–Trinajstić information content (AvgIpc) is 1.88. The molecule has 0 spiro atoms. The molecule has 0 saturated heterocycles. The van der Waals surface area contributed by atoms with Gasteiger partial charge in [-0.2, -0.15) is 0 Å². The summed E-state index contributed by atoms with van der Waals surface area (Å²) < 4.78 is 0. The number of aromatic nitrogens is 1. The van der Waals surface area contributed by atoms with Crippen molar-refractivity contribution in [2.45, 2.75) is 0 Å². The summed E-state index contributed by atoms with van der Waals surface area (Å²) in [5, 5.41) is 0. The van der Waals surface area contributed by atoms with E-state index in [1.807, 2.05) is 6.07 Å². The summed E-state index contributed by atoms with van der Waals surface area (Å²) in [5.41, 5.74) is 1.94. The van der Waals surface area contributed by atoms with E-state index < -0.39 is 0 Å². The second-order valence-corrected chi connectivity index (χ2v) is 1.83. The van der Waals surface area contributed by atoms with Crippen LogP contribution in [0.5, 0.6) is 0 Å². The molecule has 0 aromatic carbocycles. The Morgan fingerprint density at radius 1 is 1.44 bits per heavy atom. The Morgan fingerprint density at radius 3 is 2.67 bits per heavy atom. The van der Waals surface area contributed by atoms with Gasteiger partial charge in [0, 0.05) is 12.4 Å². The molecule has 1 heteroatoms. The predicted molar refractivity (Wildman–Crippen MR) is 38.8 cm³/mol. The minimum absolute atomic E-state index is 0.924. The summed E-state index contributed by atoms with van der Waals surface area (Å²) in [6.45, 7) is 7.32. The van der Waals surface area contributed by atoms with Gasteiger partial charge in [0.25, 0.3) is 0 Å². The largest absolute Gasteiger partial charge is 0.264 e. The fourth-order valence-corrected chi connectivity index (χ4v) is 0.619. The van der Waals surface area contributed by atoms with E-state index in [1.165, 1.54) is 0 Å². The van der Waals surface area contributed by atoms with Crippen LogP contribution < -0.4 is 0 Å². The Hall–Kier alpha value is -1.11. The molecule has 0 N–H and O–H groups in total. The maximum absolute atomic E-state index is 3.92. The minimum Gasteiger partial charge on any atom is -0.264 e. The van der Waals surface area contributed by atoms with Gasteiger partial charge in [0.1, 0.15) is 0 Å². The lowest BCUT2D eigenvalue weighted by atomic mass is 10.2. The molecule has 1 aromatic rings. The highest BCUT2D eigenvalue weighted by Gasteiger charge is 1.84. The van der Waals surface area contributed by atoms with Crippen molar-refractivity contribution in [1.82, 2.24) is 4.98 Å². The fourth-order valence-electron chi connectivity index (χ4n) is 0.619. The smallest absolute Gasteiger partial charge is 0.0340 e. The summed E-state index contributed by atoms with van der Waals surface area (Å²) in [5.74, 6) is 0. The SMILES string of the molecule is [CH2]c1cncc(C=C)c1.